The molecule has 0 aliphatic carbocycles. The van der Waals surface area contributed by atoms with Crippen molar-refractivity contribution in [3.8, 4) is 56.7 Å². The van der Waals surface area contributed by atoms with E-state index in [1.54, 1.807) is 11.3 Å². The molecule has 0 unspecified atom stereocenters. The lowest BCUT2D eigenvalue weighted by atomic mass is 9.99. The molecular weight excluding hydrogens is 787 g/mol. The van der Waals surface area contributed by atoms with Gasteiger partial charge in [-0.25, -0.2) is 15.0 Å². The molecule has 0 saturated heterocycles. The number of rotatable bonds is 6. The van der Waals surface area contributed by atoms with E-state index >= 15 is 0 Å². The summed E-state index contributed by atoms with van der Waals surface area (Å²) in [5, 5.41) is 7.05. The molecule has 294 valence electrons. The van der Waals surface area contributed by atoms with Crippen LogP contribution in [0.2, 0.25) is 0 Å². The maximum Gasteiger partial charge on any atom is 0.164 e. The normalized spacial score (nSPS) is 11.8. The summed E-state index contributed by atoms with van der Waals surface area (Å²) in [6.45, 7) is 0. The van der Waals surface area contributed by atoms with E-state index in [9.17, 15) is 0 Å². The van der Waals surface area contributed by atoms with Gasteiger partial charge < -0.3 is 9.13 Å². The number of hydrogen-bond acceptors (Lipinski definition) is 4. The van der Waals surface area contributed by atoms with Gasteiger partial charge in [-0.3, -0.25) is 0 Å². The Morgan fingerprint density at radius 2 is 0.794 bits per heavy atom. The van der Waals surface area contributed by atoms with Crippen LogP contribution < -0.4 is 0 Å². The summed E-state index contributed by atoms with van der Waals surface area (Å²) in [6, 6.07) is 75.6. The molecule has 6 heteroatoms. The highest BCUT2D eigenvalue weighted by atomic mass is 32.1. The Bertz CT molecular complexity index is 3900. The predicted molar refractivity (Wildman–Crippen MR) is 263 cm³/mol. The zero-order chi connectivity index (χ0) is 41.4. The zero-order valence-electron chi connectivity index (χ0n) is 33.9. The molecule has 0 aliphatic rings. The van der Waals surface area contributed by atoms with Gasteiger partial charge in [0, 0.05) is 69.8 Å². The van der Waals surface area contributed by atoms with Crippen molar-refractivity contribution in [3.63, 3.8) is 0 Å². The summed E-state index contributed by atoms with van der Waals surface area (Å²) in [4.78, 5) is 16.0. The topological polar surface area (TPSA) is 48.5 Å². The van der Waals surface area contributed by atoms with Crippen LogP contribution in [0.15, 0.2) is 212 Å². The van der Waals surface area contributed by atoms with Gasteiger partial charge in [0.2, 0.25) is 0 Å². The molecule has 13 rings (SSSR count). The molecule has 4 heterocycles. The minimum atomic E-state index is 0.633. The van der Waals surface area contributed by atoms with Crippen molar-refractivity contribution in [1.29, 1.82) is 0 Å². The van der Waals surface area contributed by atoms with Crippen LogP contribution in [0.3, 0.4) is 0 Å². The van der Waals surface area contributed by atoms with Crippen molar-refractivity contribution in [2.24, 2.45) is 0 Å². The minimum absolute atomic E-state index is 0.633. The molecule has 4 aromatic heterocycles. The fourth-order valence-electron chi connectivity index (χ4n) is 9.59. The van der Waals surface area contributed by atoms with Crippen LogP contribution in [0.5, 0.6) is 0 Å². The molecule has 0 atom stereocenters. The van der Waals surface area contributed by atoms with Crippen molar-refractivity contribution in [1.82, 2.24) is 24.1 Å². The first-order valence-corrected chi connectivity index (χ1v) is 22.0. The van der Waals surface area contributed by atoms with Crippen LogP contribution in [0, 0.1) is 0 Å². The van der Waals surface area contributed by atoms with Gasteiger partial charge in [-0.05, 0) is 83.9 Å². The van der Waals surface area contributed by atoms with Crippen molar-refractivity contribution >= 4 is 75.1 Å². The van der Waals surface area contributed by atoms with Crippen LogP contribution in [0.1, 0.15) is 0 Å². The van der Waals surface area contributed by atoms with E-state index < -0.39 is 0 Å². The molecule has 0 amide bonds. The monoisotopic (exact) mass is 821 g/mol. The van der Waals surface area contributed by atoms with Gasteiger partial charge in [-0.15, -0.1) is 11.3 Å². The SMILES string of the molecule is c1ccc(-c2nc(-c3cccc4sc5ccccc5c34)nc(-c3cccc4c3c3cc(-c5ccc6c(c5)c5ccccc5n6-c5ccccc5)ccc3n4-c3ccccc3)n2)cc1. The van der Waals surface area contributed by atoms with Crippen molar-refractivity contribution in [2.45, 2.75) is 0 Å². The van der Waals surface area contributed by atoms with Crippen LogP contribution in [-0.2, 0) is 0 Å². The number of thiophene rings is 1. The van der Waals surface area contributed by atoms with E-state index in [-0.39, 0.29) is 0 Å². The Hall–Kier alpha value is -8.19. The highest BCUT2D eigenvalue weighted by molar-refractivity contribution is 7.25. The number of fused-ring (bicyclic) bond motifs is 9. The highest BCUT2D eigenvalue weighted by Gasteiger charge is 2.22. The third-order valence-corrected chi connectivity index (χ3v) is 13.5. The molecule has 0 bridgehead atoms. The van der Waals surface area contributed by atoms with E-state index in [1.165, 1.54) is 42.0 Å². The van der Waals surface area contributed by atoms with Crippen LogP contribution in [-0.4, -0.2) is 24.1 Å². The third-order valence-electron chi connectivity index (χ3n) is 12.4. The Kier molecular flexibility index (Phi) is 8.01. The molecule has 0 fully saturated rings. The molecule has 0 aliphatic heterocycles. The van der Waals surface area contributed by atoms with Gasteiger partial charge in [0.25, 0.3) is 0 Å². The second kappa shape index (κ2) is 14.2. The Morgan fingerprint density at radius 3 is 1.51 bits per heavy atom. The first kappa shape index (κ1) is 35.6. The second-order valence-electron chi connectivity index (χ2n) is 16.0. The van der Waals surface area contributed by atoms with E-state index in [2.05, 4.69) is 203 Å². The maximum atomic E-state index is 5.42. The summed E-state index contributed by atoms with van der Waals surface area (Å²) in [5.74, 6) is 1.92. The minimum Gasteiger partial charge on any atom is -0.309 e. The predicted octanol–water partition coefficient (Wildman–Crippen LogP) is 15.1. The Balaban J connectivity index is 1.07. The number of hydrogen-bond donors (Lipinski definition) is 0. The van der Waals surface area contributed by atoms with Gasteiger partial charge in [-0.2, -0.15) is 0 Å². The average molecular weight is 822 g/mol. The van der Waals surface area contributed by atoms with E-state index in [0.29, 0.717) is 17.5 Å². The highest BCUT2D eigenvalue weighted by Crippen LogP contribution is 2.43. The lowest BCUT2D eigenvalue weighted by molar-refractivity contribution is 1.08. The van der Waals surface area contributed by atoms with Crippen molar-refractivity contribution in [2.75, 3.05) is 0 Å². The smallest absolute Gasteiger partial charge is 0.164 e. The Morgan fingerprint density at radius 1 is 0.302 bits per heavy atom. The molecule has 5 nitrogen and oxygen atoms in total. The third kappa shape index (κ3) is 5.66. The lowest BCUT2D eigenvalue weighted by Gasteiger charge is -2.11. The van der Waals surface area contributed by atoms with Gasteiger partial charge in [0.1, 0.15) is 0 Å². The van der Waals surface area contributed by atoms with Gasteiger partial charge in [0.15, 0.2) is 17.5 Å². The lowest BCUT2D eigenvalue weighted by Crippen LogP contribution is -2.01. The van der Waals surface area contributed by atoms with Crippen molar-refractivity contribution in [3.05, 3.63) is 212 Å². The number of para-hydroxylation sites is 3. The standard InChI is InChI=1S/C57H35N5S/c1-4-16-36(17-5-1)55-58-56(60-57(59-55)44-25-15-29-52-54(44)42-23-11-13-28-51(42)63-52)43-24-14-27-50-53(43)46-35-38(31-33-49(46)62(50)40-20-8-3-9-21-40)37-30-32-48-45(34-37)41-22-10-12-26-47(41)61(48)39-18-6-2-7-19-39/h1-35H. The quantitative estimate of drug-likeness (QED) is 0.168. The number of benzene rings is 9. The summed E-state index contributed by atoms with van der Waals surface area (Å²) >= 11 is 1.80. The Labute approximate surface area is 366 Å². The fourth-order valence-corrected chi connectivity index (χ4v) is 10.7. The first-order chi connectivity index (χ1) is 31.2. The summed E-state index contributed by atoms with van der Waals surface area (Å²) < 4.78 is 7.19. The second-order valence-corrected chi connectivity index (χ2v) is 17.1. The molecular formula is C57H35N5S. The molecule has 0 radical (unpaired) electrons. The fraction of sp³-hybridized carbons (Fsp3) is 0. The van der Waals surface area contributed by atoms with Gasteiger partial charge in [0.05, 0.1) is 22.1 Å². The van der Waals surface area contributed by atoms with E-state index in [1.807, 2.05) is 18.2 Å². The summed E-state index contributed by atoms with van der Waals surface area (Å²) in [6.07, 6.45) is 0. The summed E-state index contributed by atoms with van der Waals surface area (Å²) in [7, 11) is 0. The van der Waals surface area contributed by atoms with E-state index in [4.69, 9.17) is 15.0 Å². The van der Waals surface area contributed by atoms with Crippen molar-refractivity contribution < 1.29 is 0 Å². The largest absolute Gasteiger partial charge is 0.309 e. The van der Waals surface area contributed by atoms with Gasteiger partial charge in [-0.1, -0.05) is 140 Å². The van der Waals surface area contributed by atoms with Gasteiger partial charge >= 0.3 is 0 Å². The summed E-state index contributed by atoms with van der Waals surface area (Å²) in [5.41, 5.74) is 12.0. The zero-order valence-corrected chi connectivity index (χ0v) is 34.7. The van der Waals surface area contributed by atoms with Crippen LogP contribution in [0.25, 0.3) is 120 Å². The average Bonchev–Trinajstić information content (AvgIpc) is 4.02. The van der Waals surface area contributed by atoms with E-state index in [0.717, 1.165) is 61.0 Å². The molecule has 0 spiro atoms. The molecule has 0 saturated carbocycles. The number of nitrogens with zero attached hydrogens (tertiary/aromatic N) is 5. The molecule has 13 aromatic rings. The van der Waals surface area contributed by atoms with Crippen LogP contribution >= 0.6 is 11.3 Å². The first-order valence-electron chi connectivity index (χ1n) is 21.2. The molecule has 0 N–H and O–H groups in total. The maximum absolute atomic E-state index is 5.42. The molecule has 9 aromatic carbocycles. The van der Waals surface area contributed by atoms with Crippen LogP contribution in [0.4, 0.5) is 0 Å². The number of aromatic nitrogens is 5. The molecule has 63 heavy (non-hydrogen) atoms.